The second-order valence-electron chi connectivity index (χ2n) is 4.53. The zero-order chi connectivity index (χ0) is 11.0. The van der Waals surface area contributed by atoms with Crippen LogP contribution >= 0.6 is 23.5 Å². The quantitative estimate of drug-likeness (QED) is 0.758. The maximum atomic E-state index is 11.2. The number of hydrogen-bond acceptors (Lipinski definition) is 5. The Morgan fingerprint density at radius 2 is 2.06 bits per heavy atom. The number of Topliss-reactive ketones (excluding diaryl/α,β-unsaturated/α-hetero) is 1. The van der Waals surface area contributed by atoms with Gasteiger partial charge in [-0.15, -0.1) is 23.5 Å². The van der Waals surface area contributed by atoms with Gasteiger partial charge in [0, 0.05) is 30.3 Å². The van der Waals surface area contributed by atoms with Crippen molar-refractivity contribution in [2.45, 2.75) is 36.2 Å². The molecule has 0 amide bonds. The number of carbonyl (C=O) groups is 1. The van der Waals surface area contributed by atoms with Crippen molar-refractivity contribution in [2.24, 2.45) is 5.92 Å². The Balaban J connectivity index is 1.54. The smallest absolute Gasteiger partial charge is 0.161 e. The molecule has 5 heteroatoms. The largest absolute Gasteiger partial charge is 0.350 e. The molecular weight excluding hydrogens is 244 g/mol. The monoisotopic (exact) mass is 260 g/mol. The van der Waals surface area contributed by atoms with Crippen LogP contribution in [0.4, 0.5) is 0 Å². The van der Waals surface area contributed by atoms with E-state index in [1.165, 1.54) is 11.5 Å². The molecule has 0 radical (unpaired) electrons. The molecule has 2 aliphatic heterocycles. The molecule has 2 heterocycles. The zero-order valence-electron chi connectivity index (χ0n) is 9.09. The van der Waals surface area contributed by atoms with Crippen LogP contribution < -0.4 is 0 Å². The van der Waals surface area contributed by atoms with Crippen molar-refractivity contribution < 1.29 is 14.3 Å². The molecule has 0 aromatic carbocycles. The maximum Gasteiger partial charge on any atom is 0.161 e. The zero-order valence-corrected chi connectivity index (χ0v) is 10.7. The second-order valence-corrected chi connectivity index (χ2v) is 7.33. The summed E-state index contributed by atoms with van der Waals surface area (Å²) in [5, 5.41) is 0. The Hall–Kier alpha value is 0.290. The fraction of sp³-hybridized carbons (Fsp3) is 0.909. The first-order valence-corrected chi connectivity index (χ1v) is 7.94. The summed E-state index contributed by atoms with van der Waals surface area (Å²) in [6.07, 6.45) is 2.44. The molecule has 0 spiro atoms. The van der Waals surface area contributed by atoms with Crippen LogP contribution in [0.2, 0.25) is 0 Å². The second kappa shape index (κ2) is 4.88. The standard InChI is InChI=1S/C11H16O3S2/c12-8-2-1-7(5-8)10-13-6-9(14-10)11-15-3-4-16-11/h7,9-11H,1-6H2. The molecule has 3 nitrogen and oxygen atoms in total. The highest BCUT2D eigenvalue weighted by molar-refractivity contribution is 8.20. The average molecular weight is 260 g/mol. The van der Waals surface area contributed by atoms with Crippen LogP contribution in [0.15, 0.2) is 0 Å². The molecule has 0 N–H and O–H groups in total. The van der Waals surface area contributed by atoms with Crippen LogP contribution in [0.3, 0.4) is 0 Å². The topological polar surface area (TPSA) is 35.5 Å². The predicted molar refractivity (Wildman–Crippen MR) is 65.7 cm³/mol. The van der Waals surface area contributed by atoms with Crippen molar-refractivity contribution in [2.75, 3.05) is 18.1 Å². The van der Waals surface area contributed by atoms with Crippen molar-refractivity contribution in [1.82, 2.24) is 0 Å². The molecule has 0 aromatic rings. The summed E-state index contributed by atoms with van der Waals surface area (Å²) in [4.78, 5) is 11.2. The normalized spacial score (nSPS) is 41.0. The molecule has 3 aliphatic rings. The van der Waals surface area contributed by atoms with Gasteiger partial charge in [-0.1, -0.05) is 0 Å². The van der Waals surface area contributed by atoms with Gasteiger partial charge >= 0.3 is 0 Å². The van der Waals surface area contributed by atoms with E-state index in [2.05, 4.69) is 0 Å². The Morgan fingerprint density at radius 1 is 1.25 bits per heavy atom. The van der Waals surface area contributed by atoms with E-state index in [1.807, 2.05) is 23.5 Å². The van der Waals surface area contributed by atoms with Crippen LogP contribution in [-0.2, 0) is 14.3 Å². The molecule has 3 unspecified atom stereocenters. The van der Waals surface area contributed by atoms with E-state index in [9.17, 15) is 4.79 Å². The summed E-state index contributed by atoms with van der Waals surface area (Å²) in [6, 6.07) is 0. The van der Waals surface area contributed by atoms with Crippen molar-refractivity contribution in [1.29, 1.82) is 0 Å². The van der Waals surface area contributed by atoms with Crippen molar-refractivity contribution in [3.8, 4) is 0 Å². The molecule has 0 aromatic heterocycles. The molecule has 16 heavy (non-hydrogen) atoms. The lowest BCUT2D eigenvalue weighted by atomic mass is 10.1. The van der Waals surface area contributed by atoms with Gasteiger partial charge in [0.15, 0.2) is 6.29 Å². The van der Waals surface area contributed by atoms with Gasteiger partial charge in [-0.25, -0.2) is 0 Å². The fourth-order valence-corrected chi connectivity index (χ4v) is 5.41. The third-order valence-corrected chi connectivity index (χ3v) is 6.57. The van der Waals surface area contributed by atoms with E-state index in [0.29, 0.717) is 35.7 Å². The summed E-state index contributed by atoms with van der Waals surface area (Å²) in [5.41, 5.74) is 0. The van der Waals surface area contributed by atoms with Crippen LogP contribution in [0.25, 0.3) is 0 Å². The van der Waals surface area contributed by atoms with Crippen molar-refractivity contribution in [3.63, 3.8) is 0 Å². The lowest BCUT2D eigenvalue weighted by molar-refractivity contribution is -0.120. The van der Waals surface area contributed by atoms with E-state index < -0.39 is 0 Å². The first kappa shape index (κ1) is 11.4. The molecule has 3 rings (SSSR count). The summed E-state index contributed by atoms with van der Waals surface area (Å²) in [5.74, 6) is 3.13. The van der Waals surface area contributed by atoms with E-state index in [0.717, 1.165) is 6.42 Å². The summed E-state index contributed by atoms with van der Waals surface area (Å²) >= 11 is 3.95. The summed E-state index contributed by atoms with van der Waals surface area (Å²) in [6.45, 7) is 0.708. The molecule has 0 bridgehead atoms. The number of ether oxygens (including phenoxy) is 2. The Labute approximate surface area is 104 Å². The molecule has 90 valence electrons. The molecule has 2 saturated heterocycles. The van der Waals surface area contributed by atoms with Crippen molar-refractivity contribution >= 4 is 29.3 Å². The average Bonchev–Trinajstić information content (AvgIpc) is 2.97. The fourth-order valence-electron chi connectivity index (χ4n) is 2.50. The van der Waals surface area contributed by atoms with Gasteiger partial charge in [0.25, 0.3) is 0 Å². The number of thioether (sulfide) groups is 2. The Bertz CT molecular complexity index is 278. The van der Waals surface area contributed by atoms with E-state index >= 15 is 0 Å². The summed E-state index contributed by atoms with van der Waals surface area (Å²) < 4.78 is 12.2. The van der Waals surface area contributed by atoms with Gasteiger partial charge in [-0.3, -0.25) is 4.79 Å². The first-order chi connectivity index (χ1) is 7.83. The first-order valence-electron chi connectivity index (χ1n) is 5.85. The minimum atomic E-state index is -0.113. The third kappa shape index (κ3) is 2.28. The molecular formula is C11H16O3S2. The highest BCUT2D eigenvalue weighted by atomic mass is 32.2. The molecule has 3 fully saturated rings. The highest BCUT2D eigenvalue weighted by Gasteiger charge is 2.40. The number of rotatable bonds is 2. The lowest BCUT2D eigenvalue weighted by Crippen LogP contribution is -2.24. The van der Waals surface area contributed by atoms with Crippen LogP contribution in [-0.4, -0.2) is 40.9 Å². The highest BCUT2D eigenvalue weighted by Crippen LogP contribution is 2.40. The van der Waals surface area contributed by atoms with Gasteiger partial charge in [-0.05, 0) is 6.42 Å². The minimum Gasteiger partial charge on any atom is -0.350 e. The van der Waals surface area contributed by atoms with Gasteiger partial charge in [-0.2, -0.15) is 0 Å². The number of ketones is 1. The van der Waals surface area contributed by atoms with Crippen LogP contribution in [0, 0.1) is 5.92 Å². The number of carbonyl (C=O) groups excluding carboxylic acids is 1. The molecule has 3 atom stereocenters. The minimum absolute atomic E-state index is 0.113. The maximum absolute atomic E-state index is 11.2. The van der Waals surface area contributed by atoms with Gasteiger partial charge in [0.05, 0.1) is 11.2 Å². The van der Waals surface area contributed by atoms with Gasteiger partial charge in [0.1, 0.15) is 11.9 Å². The predicted octanol–water partition coefficient (Wildman–Crippen LogP) is 1.90. The molecule has 1 saturated carbocycles. The number of hydrogen-bond donors (Lipinski definition) is 0. The van der Waals surface area contributed by atoms with Crippen molar-refractivity contribution in [3.05, 3.63) is 0 Å². The Morgan fingerprint density at radius 3 is 2.75 bits per heavy atom. The van der Waals surface area contributed by atoms with E-state index in [4.69, 9.17) is 9.47 Å². The third-order valence-electron chi connectivity index (χ3n) is 3.35. The summed E-state index contributed by atoms with van der Waals surface area (Å²) in [7, 11) is 0. The van der Waals surface area contributed by atoms with Crippen LogP contribution in [0.1, 0.15) is 19.3 Å². The van der Waals surface area contributed by atoms with Gasteiger partial charge in [0.2, 0.25) is 0 Å². The SMILES string of the molecule is O=C1CCC(C2OCC(C3SCCS3)O2)C1. The van der Waals surface area contributed by atoms with E-state index in [-0.39, 0.29) is 12.4 Å². The Kier molecular flexibility index (Phi) is 3.47. The van der Waals surface area contributed by atoms with Crippen LogP contribution in [0.5, 0.6) is 0 Å². The molecule has 1 aliphatic carbocycles. The van der Waals surface area contributed by atoms with E-state index in [1.54, 1.807) is 0 Å². The van der Waals surface area contributed by atoms with Gasteiger partial charge < -0.3 is 9.47 Å². The lowest BCUT2D eigenvalue weighted by Gasteiger charge is -2.18.